The molecule has 0 bridgehead atoms. The van der Waals surface area contributed by atoms with Crippen LogP contribution in [-0.4, -0.2) is 37.7 Å². The molecule has 0 saturated carbocycles. The Morgan fingerprint density at radius 2 is 2.33 bits per heavy atom. The van der Waals surface area contributed by atoms with E-state index in [1.807, 2.05) is 0 Å². The molecule has 0 heterocycles. The van der Waals surface area contributed by atoms with Crippen molar-refractivity contribution in [3.63, 3.8) is 0 Å². The molecule has 0 aromatic heterocycles. The molecule has 2 amide bonds. The van der Waals surface area contributed by atoms with Gasteiger partial charge in [-0.25, -0.2) is 4.79 Å². The van der Waals surface area contributed by atoms with Crippen LogP contribution in [-0.2, 0) is 4.74 Å². The normalized spacial score (nSPS) is 9.17. The lowest BCUT2D eigenvalue weighted by Crippen LogP contribution is -2.39. The number of nitrogens with one attached hydrogen (secondary N) is 3. The van der Waals surface area contributed by atoms with Crippen LogP contribution >= 0.6 is 11.8 Å². The summed E-state index contributed by atoms with van der Waals surface area (Å²) in [5.74, 6) is 0. The summed E-state index contributed by atoms with van der Waals surface area (Å²) in [7, 11) is 1.56. The highest BCUT2D eigenvalue weighted by Gasteiger charge is 2.00. The van der Waals surface area contributed by atoms with Gasteiger partial charge in [0.05, 0.1) is 6.61 Å². The smallest absolute Gasteiger partial charge is 0.320 e. The predicted molar refractivity (Wildman–Crippen MR) is 49.7 cm³/mol. The first kappa shape index (κ1) is 11.2. The number of carbonyl (C=O) groups is 1. The lowest BCUT2D eigenvalue weighted by atomic mass is 10.7. The molecule has 0 spiro atoms. The van der Waals surface area contributed by atoms with Gasteiger partial charge in [0.1, 0.15) is 0 Å². The number of hydrogen-bond acceptors (Lipinski definition) is 4. The monoisotopic (exact) mass is 191 g/mol. The fourth-order valence-corrected chi connectivity index (χ4v) is 0.660. The van der Waals surface area contributed by atoms with Crippen LogP contribution in [0.25, 0.3) is 0 Å². The molecule has 3 N–H and O–H groups in total. The molecular weight excluding hydrogens is 178 g/mol. The van der Waals surface area contributed by atoms with Gasteiger partial charge in [0.25, 0.3) is 0 Å². The third-order valence-corrected chi connectivity index (χ3v) is 1.53. The fraction of sp³-hybridized carbons (Fsp3) is 0.667. The first-order valence-electron chi connectivity index (χ1n) is 3.37. The Balaban J connectivity index is 3.40. The molecular formula is C6H13N3O2S. The SMILES string of the molecule is COCCNC(=O)NC(=N)SC. The van der Waals surface area contributed by atoms with Crippen molar-refractivity contribution in [3.8, 4) is 0 Å². The number of carbonyl (C=O) groups excluding carboxylic acids is 1. The Morgan fingerprint density at radius 1 is 1.67 bits per heavy atom. The highest BCUT2D eigenvalue weighted by atomic mass is 32.2. The van der Waals surface area contributed by atoms with Crippen molar-refractivity contribution in [2.75, 3.05) is 26.5 Å². The molecule has 0 aromatic rings. The first-order chi connectivity index (χ1) is 5.70. The molecule has 0 rings (SSSR count). The third-order valence-electron chi connectivity index (χ3n) is 1.02. The molecule has 0 aliphatic heterocycles. The fourth-order valence-electron chi connectivity index (χ4n) is 0.465. The maximum Gasteiger partial charge on any atom is 0.320 e. The molecule has 0 fully saturated rings. The van der Waals surface area contributed by atoms with Gasteiger partial charge in [0, 0.05) is 13.7 Å². The van der Waals surface area contributed by atoms with Crippen LogP contribution in [0.1, 0.15) is 0 Å². The van der Waals surface area contributed by atoms with Gasteiger partial charge in [-0.15, -0.1) is 0 Å². The average molecular weight is 191 g/mol. The van der Waals surface area contributed by atoms with Crippen LogP contribution in [0.5, 0.6) is 0 Å². The van der Waals surface area contributed by atoms with Gasteiger partial charge in [0.2, 0.25) is 0 Å². The zero-order chi connectivity index (χ0) is 9.40. The number of hydrogen-bond donors (Lipinski definition) is 3. The summed E-state index contributed by atoms with van der Waals surface area (Å²) in [4.78, 5) is 10.9. The molecule has 6 heteroatoms. The van der Waals surface area contributed by atoms with Gasteiger partial charge in [0.15, 0.2) is 5.17 Å². The zero-order valence-corrected chi connectivity index (χ0v) is 7.96. The topological polar surface area (TPSA) is 74.2 Å². The Hall–Kier alpha value is -0.750. The Morgan fingerprint density at radius 3 is 2.83 bits per heavy atom. The summed E-state index contributed by atoms with van der Waals surface area (Å²) >= 11 is 1.17. The second kappa shape index (κ2) is 6.93. The van der Waals surface area contributed by atoms with E-state index < -0.39 is 0 Å². The van der Waals surface area contributed by atoms with E-state index in [2.05, 4.69) is 10.6 Å². The Bertz CT molecular complexity index is 163. The number of thioether (sulfide) groups is 1. The van der Waals surface area contributed by atoms with E-state index in [9.17, 15) is 4.79 Å². The number of amides is 2. The van der Waals surface area contributed by atoms with Crippen LogP contribution in [0, 0.1) is 5.41 Å². The van der Waals surface area contributed by atoms with Crippen molar-refractivity contribution in [1.29, 1.82) is 5.41 Å². The molecule has 0 aliphatic rings. The Labute approximate surface area is 75.7 Å². The van der Waals surface area contributed by atoms with Crippen molar-refractivity contribution in [3.05, 3.63) is 0 Å². The zero-order valence-electron chi connectivity index (χ0n) is 7.14. The lowest BCUT2D eigenvalue weighted by molar-refractivity contribution is 0.197. The van der Waals surface area contributed by atoms with Gasteiger partial charge in [-0.2, -0.15) is 0 Å². The van der Waals surface area contributed by atoms with Crippen LogP contribution in [0.15, 0.2) is 0 Å². The van der Waals surface area contributed by atoms with E-state index >= 15 is 0 Å². The number of rotatable bonds is 3. The molecule has 5 nitrogen and oxygen atoms in total. The minimum absolute atomic E-state index is 0.130. The quantitative estimate of drug-likeness (QED) is 0.339. The summed E-state index contributed by atoms with van der Waals surface area (Å²) in [6.45, 7) is 0.921. The van der Waals surface area contributed by atoms with Gasteiger partial charge in [-0.05, 0) is 6.26 Å². The minimum Gasteiger partial charge on any atom is -0.383 e. The van der Waals surface area contributed by atoms with Crippen molar-refractivity contribution >= 4 is 23.0 Å². The predicted octanol–water partition coefficient (Wildman–Crippen LogP) is 0.230. The van der Waals surface area contributed by atoms with Gasteiger partial charge >= 0.3 is 6.03 Å². The summed E-state index contributed by atoms with van der Waals surface area (Å²) in [6.07, 6.45) is 1.72. The van der Waals surface area contributed by atoms with Crippen LogP contribution in [0.2, 0.25) is 0 Å². The number of ether oxygens (including phenoxy) is 1. The van der Waals surface area contributed by atoms with E-state index in [4.69, 9.17) is 10.1 Å². The molecule has 0 saturated heterocycles. The number of amidine groups is 1. The molecule has 70 valence electrons. The van der Waals surface area contributed by atoms with E-state index in [0.29, 0.717) is 13.2 Å². The van der Waals surface area contributed by atoms with E-state index in [1.165, 1.54) is 11.8 Å². The summed E-state index contributed by atoms with van der Waals surface area (Å²) in [5.41, 5.74) is 0. The van der Waals surface area contributed by atoms with Crippen molar-refractivity contribution in [1.82, 2.24) is 10.6 Å². The molecule has 0 radical (unpaired) electrons. The van der Waals surface area contributed by atoms with E-state index in [-0.39, 0.29) is 11.2 Å². The second-order valence-corrected chi connectivity index (χ2v) is 2.72. The summed E-state index contributed by atoms with van der Waals surface area (Å²) in [6, 6.07) is -0.369. The Kier molecular flexibility index (Phi) is 6.50. The average Bonchev–Trinajstić information content (AvgIpc) is 2.05. The second-order valence-electron chi connectivity index (χ2n) is 1.91. The van der Waals surface area contributed by atoms with Gasteiger partial charge < -0.3 is 10.1 Å². The number of methoxy groups -OCH3 is 1. The first-order valence-corrected chi connectivity index (χ1v) is 4.59. The molecule has 0 unspecified atom stereocenters. The van der Waals surface area contributed by atoms with Crippen molar-refractivity contribution in [2.45, 2.75) is 0 Å². The highest BCUT2D eigenvalue weighted by molar-refractivity contribution is 8.13. The lowest BCUT2D eigenvalue weighted by Gasteiger charge is -2.05. The number of urea groups is 1. The standard InChI is InChI=1S/C6H13N3O2S/c1-11-4-3-8-6(10)9-5(7)12-2/h3-4H2,1-2H3,(H3,7,8,9,10). The maximum absolute atomic E-state index is 10.9. The largest absolute Gasteiger partial charge is 0.383 e. The minimum atomic E-state index is -0.369. The van der Waals surface area contributed by atoms with E-state index in [0.717, 1.165) is 0 Å². The van der Waals surface area contributed by atoms with Gasteiger partial charge in [-0.3, -0.25) is 10.7 Å². The van der Waals surface area contributed by atoms with Crippen molar-refractivity contribution in [2.24, 2.45) is 0 Å². The van der Waals surface area contributed by atoms with E-state index in [1.54, 1.807) is 13.4 Å². The van der Waals surface area contributed by atoms with Crippen molar-refractivity contribution < 1.29 is 9.53 Å². The van der Waals surface area contributed by atoms with Crippen LogP contribution in [0.4, 0.5) is 4.79 Å². The maximum atomic E-state index is 10.9. The molecule has 0 atom stereocenters. The van der Waals surface area contributed by atoms with Gasteiger partial charge in [-0.1, -0.05) is 11.8 Å². The molecule has 0 aromatic carbocycles. The summed E-state index contributed by atoms with van der Waals surface area (Å²) in [5, 5.41) is 12.1. The van der Waals surface area contributed by atoms with Crippen LogP contribution in [0.3, 0.4) is 0 Å². The molecule has 12 heavy (non-hydrogen) atoms. The van der Waals surface area contributed by atoms with Crippen LogP contribution < -0.4 is 10.6 Å². The summed E-state index contributed by atoms with van der Waals surface area (Å²) < 4.78 is 4.72. The molecule has 0 aliphatic carbocycles. The highest BCUT2D eigenvalue weighted by Crippen LogP contribution is 1.89. The third kappa shape index (κ3) is 5.99.